The van der Waals surface area contributed by atoms with Gasteiger partial charge in [-0.3, -0.25) is 10.1 Å². The lowest BCUT2D eigenvalue weighted by Crippen LogP contribution is -2.43. The van der Waals surface area contributed by atoms with Gasteiger partial charge in [0.1, 0.15) is 5.01 Å². The lowest BCUT2D eigenvalue weighted by Gasteiger charge is -2.26. The van der Waals surface area contributed by atoms with Crippen LogP contribution < -0.4 is 11.1 Å². The molecule has 21 heavy (non-hydrogen) atoms. The Labute approximate surface area is 129 Å². The van der Waals surface area contributed by atoms with E-state index in [0.29, 0.717) is 18.3 Å². The summed E-state index contributed by atoms with van der Waals surface area (Å²) in [5.41, 5.74) is 6.03. The molecule has 0 aliphatic carbocycles. The number of ether oxygens (including phenoxy) is 1. The molecule has 0 radical (unpaired) electrons. The van der Waals surface area contributed by atoms with Gasteiger partial charge in [0.25, 0.3) is 0 Å². The molecule has 0 aromatic carbocycles. The van der Waals surface area contributed by atoms with E-state index in [1.54, 1.807) is 0 Å². The molecule has 6 nitrogen and oxygen atoms in total. The van der Waals surface area contributed by atoms with Crippen LogP contribution in [-0.4, -0.2) is 35.4 Å². The van der Waals surface area contributed by atoms with Crippen molar-refractivity contribution < 1.29 is 9.53 Å². The molecule has 3 N–H and O–H groups in total. The number of rotatable bonds is 7. The van der Waals surface area contributed by atoms with Crippen molar-refractivity contribution >= 4 is 22.4 Å². The van der Waals surface area contributed by atoms with Crippen LogP contribution >= 0.6 is 11.3 Å². The van der Waals surface area contributed by atoms with Crippen molar-refractivity contribution in [3.63, 3.8) is 0 Å². The fourth-order valence-electron chi connectivity index (χ4n) is 2.41. The van der Waals surface area contributed by atoms with Crippen LogP contribution in [0.4, 0.5) is 5.13 Å². The molecule has 1 unspecified atom stereocenters. The number of amides is 1. The molecule has 118 valence electrons. The molecule has 1 atom stereocenters. The van der Waals surface area contributed by atoms with Crippen LogP contribution in [0.1, 0.15) is 44.0 Å². The number of aromatic nitrogens is 2. The summed E-state index contributed by atoms with van der Waals surface area (Å²) < 4.78 is 5.29. The molecule has 7 heteroatoms. The zero-order valence-corrected chi connectivity index (χ0v) is 13.3. The lowest BCUT2D eigenvalue weighted by molar-refractivity contribution is -0.119. The Morgan fingerprint density at radius 3 is 2.90 bits per heavy atom. The van der Waals surface area contributed by atoms with Gasteiger partial charge in [-0.15, -0.1) is 10.2 Å². The molecule has 1 amide bonds. The van der Waals surface area contributed by atoms with Crippen LogP contribution in [-0.2, 0) is 16.0 Å². The van der Waals surface area contributed by atoms with Crippen LogP contribution in [0.2, 0.25) is 0 Å². The van der Waals surface area contributed by atoms with Gasteiger partial charge >= 0.3 is 0 Å². The molecular weight excluding hydrogens is 288 g/mol. The first-order valence-electron chi connectivity index (χ1n) is 7.67. The van der Waals surface area contributed by atoms with E-state index in [1.807, 2.05) is 0 Å². The fourth-order valence-corrected chi connectivity index (χ4v) is 3.19. The number of hydrogen-bond donors (Lipinski definition) is 2. The second-order valence-corrected chi connectivity index (χ2v) is 6.48. The Hall–Kier alpha value is -1.05. The summed E-state index contributed by atoms with van der Waals surface area (Å²) in [7, 11) is 0. The molecule has 1 aromatic heterocycles. The van der Waals surface area contributed by atoms with Gasteiger partial charge < -0.3 is 10.5 Å². The molecular formula is C14H24N4O2S. The Morgan fingerprint density at radius 1 is 1.43 bits per heavy atom. The van der Waals surface area contributed by atoms with Crippen molar-refractivity contribution in [2.24, 2.45) is 11.7 Å². The van der Waals surface area contributed by atoms with E-state index < -0.39 is 6.04 Å². The van der Waals surface area contributed by atoms with Gasteiger partial charge in [-0.25, -0.2) is 0 Å². The number of aryl methyl sites for hydroxylation is 1. The number of carbonyl (C=O) groups is 1. The molecule has 1 saturated heterocycles. The molecule has 1 fully saturated rings. The highest BCUT2D eigenvalue weighted by molar-refractivity contribution is 7.15. The molecule has 1 aliphatic heterocycles. The maximum absolute atomic E-state index is 12.1. The number of nitrogens with two attached hydrogens (primary N) is 1. The first kappa shape index (κ1) is 16.3. The third-order valence-electron chi connectivity index (χ3n) is 3.77. The summed E-state index contributed by atoms with van der Waals surface area (Å²) in [5, 5.41) is 12.4. The Morgan fingerprint density at radius 2 is 2.19 bits per heavy atom. The third-order valence-corrected chi connectivity index (χ3v) is 4.67. The van der Waals surface area contributed by atoms with Crippen LogP contribution in [0.3, 0.4) is 0 Å². The third kappa shape index (κ3) is 5.01. The highest BCUT2D eigenvalue weighted by Gasteiger charge is 2.27. The van der Waals surface area contributed by atoms with Gasteiger partial charge in [0.15, 0.2) is 0 Å². The van der Waals surface area contributed by atoms with Crippen LogP contribution in [0.5, 0.6) is 0 Å². The molecule has 1 aliphatic rings. The Balaban J connectivity index is 1.81. The van der Waals surface area contributed by atoms with Crippen molar-refractivity contribution in [2.75, 3.05) is 18.5 Å². The van der Waals surface area contributed by atoms with E-state index in [2.05, 4.69) is 22.4 Å². The van der Waals surface area contributed by atoms with Gasteiger partial charge in [0, 0.05) is 19.6 Å². The summed E-state index contributed by atoms with van der Waals surface area (Å²) in [6.07, 6.45) is 6.09. The van der Waals surface area contributed by atoms with Crippen LogP contribution in [0.15, 0.2) is 0 Å². The molecule has 0 bridgehead atoms. The summed E-state index contributed by atoms with van der Waals surface area (Å²) in [5.74, 6) is 0.0221. The van der Waals surface area contributed by atoms with Gasteiger partial charge in [-0.1, -0.05) is 31.1 Å². The topological polar surface area (TPSA) is 90.1 Å². The van der Waals surface area contributed by atoms with E-state index >= 15 is 0 Å². The predicted octanol–water partition coefficient (Wildman–Crippen LogP) is 1.96. The van der Waals surface area contributed by atoms with Crippen molar-refractivity contribution in [1.82, 2.24) is 10.2 Å². The normalized spacial score (nSPS) is 17.6. The number of anilines is 1. The molecule has 2 rings (SSSR count). The van der Waals surface area contributed by atoms with Crippen molar-refractivity contribution in [2.45, 2.75) is 51.5 Å². The van der Waals surface area contributed by atoms with E-state index in [0.717, 1.165) is 30.7 Å². The molecule has 1 aromatic rings. The molecule has 2 heterocycles. The number of nitrogens with zero attached hydrogens (tertiary/aromatic N) is 2. The summed E-state index contributed by atoms with van der Waals surface area (Å²) in [6.45, 7) is 3.54. The number of carbonyl (C=O) groups excluding carboxylic acids is 1. The van der Waals surface area contributed by atoms with Crippen LogP contribution in [0, 0.1) is 5.92 Å². The van der Waals surface area contributed by atoms with Gasteiger partial charge in [-0.2, -0.15) is 0 Å². The van der Waals surface area contributed by atoms with E-state index in [9.17, 15) is 4.79 Å². The van der Waals surface area contributed by atoms with Crippen molar-refractivity contribution in [1.29, 1.82) is 0 Å². The van der Waals surface area contributed by atoms with Crippen molar-refractivity contribution in [3.05, 3.63) is 5.01 Å². The first-order valence-corrected chi connectivity index (χ1v) is 8.49. The van der Waals surface area contributed by atoms with E-state index in [1.165, 1.54) is 24.2 Å². The second-order valence-electron chi connectivity index (χ2n) is 5.42. The Kier molecular flexibility index (Phi) is 6.53. The standard InChI is InChI=1S/C14H24N4O2S/c1-2-3-4-5-11-17-18-14(21-11)16-13(19)12(15)10-6-8-20-9-7-10/h10,12H,2-9,15H2,1H3,(H,16,18,19). The largest absolute Gasteiger partial charge is 0.381 e. The van der Waals surface area contributed by atoms with Gasteiger partial charge in [0.2, 0.25) is 11.0 Å². The monoisotopic (exact) mass is 312 g/mol. The average Bonchev–Trinajstić information content (AvgIpc) is 2.95. The average molecular weight is 312 g/mol. The summed E-state index contributed by atoms with van der Waals surface area (Å²) in [4.78, 5) is 12.1. The minimum atomic E-state index is -0.499. The SMILES string of the molecule is CCCCCc1nnc(NC(=O)C(N)C2CCOCC2)s1. The minimum Gasteiger partial charge on any atom is -0.381 e. The Bertz CT molecular complexity index is 446. The fraction of sp³-hybridized carbons (Fsp3) is 0.786. The van der Waals surface area contributed by atoms with Crippen molar-refractivity contribution in [3.8, 4) is 0 Å². The maximum atomic E-state index is 12.1. The molecule has 0 saturated carbocycles. The highest BCUT2D eigenvalue weighted by atomic mass is 32.1. The van der Waals surface area contributed by atoms with E-state index in [-0.39, 0.29) is 11.8 Å². The zero-order chi connectivity index (χ0) is 15.1. The molecule has 0 spiro atoms. The lowest BCUT2D eigenvalue weighted by atomic mass is 9.92. The van der Waals surface area contributed by atoms with Gasteiger partial charge in [0.05, 0.1) is 6.04 Å². The number of hydrogen-bond acceptors (Lipinski definition) is 6. The second kappa shape index (κ2) is 8.41. The predicted molar refractivity (Wildman–Crippen MR) is 83.3 cm³/mol. The van der Waals surface area contributed by atoms with E-state index in [4.69, 9.17) is 10.5 Å². The minimum absolute atomic E-state index is 0.168. The summed E-state index contributed by atoms with van der Waals surface area (Å²) >= 11 is 1.44. The maximum Gasteiger partial charge on any atom is 0.243 e. The number of unbranched alkanes of at least 4 members (excludes halogenated alkanes) is 2. The highest BCUT2D eigenvalue weighted by Crippen LogP contribution is 2.21. The van der Waals surface area contributed by atoms with Crippen LogP contribution in [0.25, 0.3) is 0 Å². The first-order chi connectivity index (χ1) is 10.2. The smallest absolute Gasteiger partial charge is 0.243 e. The zero-order valence-electron chi connectivity index (χ0n) is 12.5. The van der Waals surface area contributed by atoms with Gasteiger partial charge in [-0.05, 0) is 25.2 Å². The number of nitrogens with one attached hydrogen (secondary N) is 1. The summed E-state index contributed by atoms with van der Waals surface area (Å²) in [6, 6.07) is -0.499. The quantitative estimate of drug-likeness (QED) is 0.751.